The van der Waals surface area contributed by atoms with Gasteiger partial charge in [0.2, 0.25) is 0 Å². The maximum atomic E-state index is 12.2. The summed E-state index contributed by atoms with van der Waals surface area (Å²) in [5.41, 5.74) is 0.814. The van der Waals surface area contributed by atoms with Crippen LogP contribution in [0.2, 0.25) is 0 Å². The molecule has 0 radical (unpaired) electrons. The van der Waals surface area contributed by atoms with Crippen LogP contribution in [0.25, 0.3) is 0 Å². The van der Waals surface area contributed by atoms with Gasteiger partial charge < -0.3 is 9.84 Å². The van der Waals surface area contributed by atoms with Crippen LogP contribution in [-0.2, 0) is 16.4 Å². The van der Waals surface area contributed by atoms with Gasteiger partial charge in [0.05, 0.1) is 17.3 Å². The van der Waals surface area contributed by atoms with Crippen molar-refractivity contribution in [3.63, 3.8) is 0 Å². The first kappa shape index (κ1) is 15.1. The molecule has 116 valence electrons. The predicted molar refractivity (Wildman–Crippen MR) is 83.7 cm³/mol. The van der Waals surface area contributed by atoms with E-state index in [1.807, 2.05) is 0 Å². The summed E-state index contributed by atoms with van der Waals surface area (Å²) in [5, 5.41) is 8.99. The summed E-state index contributed by atoms with van der Waals surface area (Å²) in [7, 11) is -3.18. The van der Waals surface area contributed by atoms with E-state index in [2.05, 4.69) is 0 Å². The van der Waals surface area contributed by atoms with E-state index in [1.54, 1.807) is 48.5 Å². The monoisotopic (exact) mass is 318 g/mol. The Morgan fingerprint density at radius 1 is 0.955 bits per heavy atom. The minimum Gasteiger partial charge on any atom is -0.457 e. The fourth-order valence-corrected chi connectivity index (χ4v) is 3.90. The Hall–Kier alpha value is -1.85. The maximum Gasteiger partial charge on any atom is 0.178 e. The molecule has 2 aromatic rings. The van der Waals surface area contributed by atoms with Crippen LogP contribution in [0.5, 0.6) is 11.5 Å². The van der Waals surface area contributed by atoms with E-state index in [9.17, 15) is 8.42 Å². The Morgan fingerprint density at radius 3 is 2.00 bits per heavy atom. The summed E-state index contributed by atoms with van der Waals surface area (Å²) >= 11 is 0. The maximum absolute atomic E-state index is 12.2. The summed E-state index contributed by atoms with van der Waals surface area (Å²) in [6.07, 6.45) is 2.04. The minimum absolute atomic E-state index is 0.00612. The van der Waals surface area contributed by atoms with E-state index < -0.39 is 9.84 Å². The zero-order valence-corrected chi connectivity index (χ0v) is 12.9. The third-order valence-corrected chi connectivity index (χ3v) is 5.58. The SMILES string of the molecule is O=S(=O)(CC1CC1)c1ccc(Oc2ccc(CO)cc2)cc1. The summed E-state index contributed by atoms with van der Waals surface area (Å²) in [6.45, 7) is -0.00612. The molecule has 0 amide bonds. The molecular formula is C17H18O4S. The Bertz CT molecular complexity index is 729. The van der Waals surface area contributed by atoms with Crippen LogP contribution in [0.3, 0.4) is 0 Å². The third-order valence-electron chi connectivity index (χ3n) is 3.68. The molecule has 0 atom stereocenters. The average molecular weight is 318 g/mol. The second-order valence-electron chi connectivity index (χ2n) is 5.60. The van der Waals surface area contributed by atoms with Crippen molar-refractivity contribution >= 4 is 9.84 Å². The summed E-state index contributed by atoms with van der Waals surface area (Å²) < 4.78 is 30.0. The molecule has 0 bridgehead atoms. The molecule has 0 saturated heterocycles. The highest BCUT2D eigenvalue weighted by Crippen LogP contribution is 2.32. The molecule has 0 unspecified atom stereocenters. The molecule has 22 heavy (non-hydrogen) atoms. The van der Waals surface area contributed by atoms with E-state index in [4.69, 9.17) is 9.84 Å². The summed E-state index contributed by atoms with van der Waals surface area (Å²) in [4.78, 5) is 0.349. The second-order valence-corrected chi connectivity index (χ2v) is 7.63. The quantitative estimate of drug-likeness (QED) is 0.888. The van der Waals surface area contributed by atoms with Crippen LogP contribution < -0.4 is 4.74 Å². The third kappa shape index (κ3) is 3.67. The molecule has 5 heteroatoms. The van der Waals surface area contributed by atoms with Gasteiger partial charge in [0.1, 0.15) is 11.5 Å². The lowest BCUT2D eigenvalue weighted by molar-refractivity contribution is 0.281. The number of aliphatic hydroxyl groups excluding tert-OH is 1. The minimum atomic E-state index is -3.18. The Morgan fingerprint density at radius 2 is 1.50 bits per heavy atom. The van der Waals surface area contributed by atoms with E-state index in [0.717, 1.165) is 18.4 Å². The fraction of sp³-hybridized carbons (Fsp3) is 0.294. The standard InChI is InChI=1S/C17H18O4S/c18-11-13-3-5-15(6-4-13)21-16-7-9-17(10-8-16)22(19,20)12-14-1-2-14/h3-10,14,18H,1-2,11-12H2. The van der Waals surface area contributed by atoms with Crippen LogP contribution in [0.15, 0.2) is 53.4 Å². The first-order chi connectivity index (χ1) is 10.6. The van der Waals surface area contributed by atoms with Gasteiger partial charge in [-0.25, -0.2) is 8.42 Å². The normalized spacial score (nSPS) is 14.8. The number of rotatable bonds is 6. The van der Waals surface area contributed by atoms with Gasteiger partial charge in [0.25, 0.3) is 0 Å². The van der Waals surface area contributed by atoms with Crippen LogP contribution >= 0.6 is 0 Å². The van der Waals surface area contributed by atoms with Crippen molar-refractivity contribution in [2.75, 3.05) is 5.75 Å². The molecule has 0 aliphatic heterocycles. The highest BCUT2D eigenvalue weighted by molar-refractivity contribution is 7.91. The lowest BCUT2D eigenvalue weighted by atomic mass is 10.2. The molecular weight excluding hydrogens is 300 g/mol. The molecule has 1 saturated carbocycles. The van der Waals surface area contributed by atoms with Crippen LogP contribution in [0.1, 0.15) is 18.4 Å². The van der Waals surface area contributed by atoms with Gasteiger partial charge >= 0.3 is 0 Å². The first-order valence-electron chi connectivity index (χ1n) is 7.27. The van der Waals surface area contributed by atoms with Crippen LogP contribution in [-0.4, -0.2) is 19.3 Å². The van der Waals surface area contributed by atoms with Gasteiger partial charge in [-0.1, -0.05) is 12.1 Å². The molecule has 1 aliphatic carbocycles. The molecule has 2 aromatic carbocycles. The summed E-state index contributed by atoms with van der Waals surface area (Å²) in [5.74, 6) is 1.81. The Kier molecular flexibility index (Phi) is 4.18. The largest absolute Gasteiger partial charge is 0.457 e. The number of hydrogen-bond donors (Lipinski definition) is 1. The van der Waals surface area contributed by atoms with Gasteiger partial charge in [-0.05, 0) is 60.7 Å². The molecule has 4 nitrogen and oxygen atoms in total. The van der Waals surface area contributed by atoms with Crippen molar-refractivity contribution in [1.82, 2.24) is 0 Å². The van der Waals surface area contributed by atoms with Gasteiger partial charge in [0, 0.05) is 0 Å². The van der Waals surface area contributed by atoms with Crippen LogP contribution in [0, 0.1) is 5.92 Å². The second kappa shape index (κ2) is 6.10. The number of benzene rings is 2. The lowest BCUT2D eigenvalue weighted by Gasteiger charge is -2.08. The number of hydrogen-bond acceptors (Lipinski definition) is 4. The average Bonchev–Trinajstić information content (AvgIpc) is 3.32. The number of sulfone groups is 1. The zero-order chi connectivity index (χ0) is 15.6. The Balaban J connectivity index is 1.70. The molecule has 3 rings (SSSR count). The van der Waals surface area contributed by atoms with E-state index in [1.165, 1.54) is 0 Å². The smallest absolute Gasteiger partial charge is 0.178 e. The van der Waals surface area contributed by atoms with Gasteiger partial charge in [-0.3, -0.25) is 0 Å². The summed E-state index contributed by atoms with van der Waals surface area (Å²) in [6, 6.07) is 13.6. The zero-order valence-electron chi connectivity index (χ0n) is 12.1. The van der Waals surface area contributed by atoms with E-state index in [0.29, 0.717) is 22.3 Å². The Labute approximate surface area is 130 Å². The predicted octanol–water partition coefficient (Wildman–Crippen LogP) is 3.15. The van der Waals surface area contributed by atoms with Crippen molar-refractivity contribution in [2.45, 2.75) is 24.3 Å². The lowest BCUT2D eigenvalue weighted by Crippen LogP contribution is -2.08. The van der Waals surface area contributed by atoms with Gasteiger partial charge in [-0.2, -0.15) is 0 Å². The van der Waals surface area contributed by atoms with Gasteiger partial charge in [0.15, 0.2) is 9.84 Å². The van der Waals surface area contributed by atoms with Crippen LogP contribution in [0.4, 0.5) is 0 Å². The van der Waals surface area contributed by atoms with Crippen molar-refractivity contribution < 1.29 is 18.3 Å². The molecule has 1 fully saturated rings. The topological polar surface area (TPSA) is 63.6 Å². The first-order valence-corrected chi connectivity index (χ1v) is 8.92. The van der Waals surface area contributed by atoms with Crippen molar-refractivity contribution in [3.8, 4) is 11.5 Å². The van der Waals surface area contributed by atoms with Gasteiger partial charge in [-0.15, -0.1) is 0 Å². The van der Waals surface area contributed by atoms with Crippen molar-refractivity contribution in [2.24, 2.45) is 5.92 Å². The van der Waals surface area contributed by atoms with Crippen molar-refractivity contribution in [1.29, 1.82) is 0 Å². The molecule has 1 aliphatic rings. The van der Waals surface area contributed by atoms with E-state index >= 15 is 0 Å². The highest BCUT2D eigenvalue weighted by Gasteiger charge is 2.28. The highest BCUT2D eigenvalue weighted by atomic mass is 32.2. The number of aliphatic hydroxyl groups is 1. The molecule has 0 heterocycles. The molecule has 0 aromatic heterocycles. The molecule has 1 N–H and O–H groups in total. The van der Waals surface area contributed by atoms with E-state index in [-0.39, 0.29) is 12.4 Å². The number of ether oxygens (including phenoxy) is 1. The fourth-order valence-electron chi connectivity index (χ4n) is 2.21. The molecule has 0 spiro atoms. The van der Waals surface area contributed by atoms with Crippen molar-refractivity contribution in [3.05, 3.63) is 54.1 Å².